The van der Waals surface area contributed by atoms with Gasteiger partial charge in [-0.15, -0.1) is 11.8 Å². The quantitative estimate of drug-likeness (QED) is 0.466. The number of amides is 2. The Morgan fingerprint density at radius 2 is 1.73 bits per heavy atom. The van der Waals surface area contributed by atoms with Crippen LogP contribution in [0.5, 0.6) is 5.75 Å². The van der Waals surface area contributed by atoms with Gasteiger partial charge in [-0.05, 0) is 55.0 Å². The van der Waals surface area contributed by atoms with E-state index in [0.717, 1.165) is 10.5 Å². The van der Waals surface area contributed by atoms with E-state index in [9.17, 15) is 9.59 Å². The summed E-state index contributed by atoms with van der Waals surface area (Å²) in [6.07, 6.45) is 0. The molecule has 0 aliphatic rings. The summed E-state index contributed by atoms with van der Waals surface area (Å²) in [5.41, 5.74) is 2.82. The zero-order valence-corrected chi connectivity index (χ0v) is 18.1. The number of ether oxygens (including phenoxy) is 1. The number of hydrogen-bond donors (Lipinski definition) is 2. The van der Waals surface area contributed by atoms with Crippen LogP contribution < -0.4 is 15.4 Å². The molecule has 0 spiro atoms. The van der Waals surface area contributed by atoms with E-state index in [1.54, 1.807) is 24.3 Å². The lowest BCUT2D eigenvalue weighted by molar-refractivity contribution is -0.113. The SMILES string of the molecule is COc1ccc(NC(=O)CSc2cccc(NC(=O)c3ccccc3C)c2)cc1Cl. The lowest BCUT2D eigenvalue weighted by atomic mass is 10.1. The van der Waals surface area contributed by atoms with E-state index in [0.29, 0.717) is 27.7 Å². The minimum Gasteiger partial charge on any atom is -0.495 e. The third kappa shape index (κ3) is 5.78. The maximum atomic E-state index is 12.5. The van der Waals surface area contributed by atoms with E-state index in [1.165, 1.54) is 18.9 Å². The van der Waals surface area contributed by atoms with Crippen molar-refractivity contribution in [2.75, 3.05) is 23.5 Å². The molecule has 0 fully saturated rings. The van der Waals surface area contributed by atoms with Gasteiger partial charge in [0.1, 0.15) is 5.75 Å². The zero-order chi connectivity index (χ0) is 21.5. The van der Waals surface area contributed by atoms with Crippen molar-refractivity contribution in [3.05, 3.63) is 82.9 Å². The highest BCUT2D eigenvalue weighted by Crippen LogP contribution is 2.28. The fraction of sp³-hybridized carbons (Fsp3) is 0.130. The summed E-state index contributed by atoms with van der Waals surface area (Å²) < 4.78 is 5.10. The molecule has 0 saturated carbocycles. The molecule has 0 saturated heterocycles. The van der Waals surface area contributed by atoms with E-state index >= 15 is 0 Å². The smallest absolute Gasteiger partial charge is 0.255 e. The molecule has 3 aromatic carbocycles. The summed E-state index contributed by atoms with van der Waals surface area (Å²) in [5.74, 6) is 0.451. The fourth-order valence-electron chi connectivity index (χ4n) is 2.78. The van der Waals surface area contributed by atoms with Crippen molar-refractivity contribution in [1.82, 2.24) is 0 Å². The van der Waals surface area contributed by atoms with Crippen LogP contribution in [-0.4, -0.2) is 24.7 Å². The summed E-state index contributed by atoms with van der Waals surface area (Å²) in [4.78, 5) is 25.6. The van der Waals surface area contributed by atoms with Crippen LogP contribution in [-0.2, 0) is 4.79 Å². The molecule has 0 radical (unpaired) electrons. The molecular weight excluding hydrogens is 420 g/mol. The first-order valence-corrected chi connectivity index (χ1v) is 10.6. The van der Waals surface area contributed by atoms with E-state index in [1.807, 2.05) is 49.4 Å². The normalized spacial score (nSPS) is 10.4. The molecule has 30 heavy (non-hydrogen) atoms. The first kappa shape index (κ1) is 21.7. The van der Waals surface area contributed by atoms with Gasteiger partial charge in [0.05, 0.1) is 17.9 Å². The predicted molar refractivity (Wildman–Crippen MR) is 123 cm³/mol. The summed E-state index contributed by atoms with van der Waals surface area (Å²) in [5, 5.41) is 6.14. The number of aryl methyl sites for hydroxylation is 1. The van der Waals surface area contributed by atoms with Gasteiger partial charge in [0.25, 0.3) is 5.91 Å². The maximum absolute atomic E-state index is 12.5. The molecule has 0 aliphatic heterocycles. The molecule has 0 unspecified atom stereocenters. The van der Waals surface area contributed by atoms with Gasteiger partial charge < -0.3 is 15.4 Å². The van der Waals surface area contributed by atoms with Gasteiger partial charge in [0.2, 0.25) is 5.91 Å². The number of rotatable bonds is 7. The van der Waals surface area contributed by atoms with Gasteiger partial charge in [0, 0.05) is 21.8 Å². The molecule has 3 rings (SSSR count). The number of hydrogen-bond acceptors (Lipinski definition) is 4. The summed E-state index contributed by atoms with van der Waals surface area (Å²) in [6, 6.07) is 19.9. The van der Waals surface area contributed by atoms with E-state index in [4.69, 9.17) is 16.3 Å². The molecule has 2 N–H and O–H groups in total. The Morgan fingerprint density at radius 3 is 2.47 bits per heavy atom. The molecule has 0 atom stereocenters. The number of halogens is 1. The number of carbonyl (C=O) groups excluding carboxylic acids is 2. The lowest BCUT2D eigenvalue weighted by Crippen LogP contribution is -2.14. The van der Waals surface area contributed by atoms with Crippen LogP contribution in [0.15, 0.2) is 71.6 Å². The second-order valence-electron chi connectivity index (χ2n) is 6.48. The van der Waals surface area contributed by atoms with Gasteiger partial charge in [-0.2, -0.15) is 0 Å². The molecule has 0 aliphatic carbocycles. The van der Waals surface area contributed by atoms with Gasteiger partial charge in [-0.3, -0.25) is 9.59 Å². The molecule has 154 valence electrons. The average molecular weight is 441 g/mol. The van der Waals surface area contributed by atoms with Crippen molar-refractivity contribution in [3.8, 4) is 5.75 Å². The van der Waals surface area contributed by atoms with Crippen LogP contribution in [0.4, 0.5) is 11.4 Å². The second-order valence-corrected chi connectivity index (χ2v) is 7.94. The Hall–Kier alpha value is -2.96. The standard InChI is InChI=1S/C23H21ClN2O3S/c1-15-6-3-4-9-19(15)23(28)26-16-7-5-8-18(12-16)30-14-22(27)25-17-10-11-21(29-2)20(24)13-17/h3-13H,14H2,1-2H3,(H,25,27)(H,26,28). The van der Waals surface area contributed by atoms with Crippen LogP contribution in [0.2, 0.25) is 5.02 Å². The van der Waals surface area contributed by atoms with E-state index < -0.39 is 0 Å². The highest BCUT2D eigenvalue weighted by atomic mass is 35.5. The number of benzene rings is 3. The Kier molecular flexibility index (Phi) is 7.38. The Bertz CT molecular complexity index is 1070. The molecule has 3 aromatic rings. The van der Waals surface area contributed by atoms with Crippen molar-refractivity contribution in [2.45, 2.75) is 11.8 Å². The highest BCUT2D eigenvalue weighted by molar-refractivity contribution is 8.00. The van der Waals surface area contributed by atoms with Crippen molar-refractivity contribution >= 4 is 46.6 Å². The van der Waals surface area contributed by atoms with Crippen LogP contribution >= 0.6 is 23.4 Å². The van der Waals surface area contributed by atoms with E-state index in [2.05, 4.69) is 10.6 Å². The lowest BCUT2D eigenvalue weighted by Gasteiger charge is -2.10. The fourth-order valence-corrected chi connectivity index (χ4v) is 3.79. The number of thioether (sulfide) groups is 1. The highest BCUT2D eigenvalue weighted by Gasteiger charge is 2.10. The summed E-state index contributed by atoms with van der Waals surface area (Å²) >= 11 is 7.46. The summed E-state index contributed by atoms with van der Waals surface area (Å²) in [7, 11) is 1.54. The first-order valence-electron chi connectivity index (χ1n) is 9.19. The second kappa shape index (κ2) is 10.2. The Morgan fingerprint density at radius 1 is 0.967 bits per heavy atom. The number of methoxy groups -OCH3 is 1. The largest absolute Gasteiger partial charge is 0.495 e. The Balaban J connectivity index is 1.57. The van der Waals surface area contributed by atoms with E-state index in [-0.39, 0.29) is 17.6 Å². The van der Waals surface area contributed by atoms with Crippen LogP contribution in [0.3, 0.4) is 0 Å². The minimum atomic E-state index is -0.163. The zero-order valence-electron chi connectivity index (χ0n) is 16.6. The third-order valence-corrected chi connectivity index (χ3v) is 5.58. The number of carbonyl (C=O) groups is 2. The third-order valence-electron chi connectivity index (χ3n) is 4.29. The van der Waals surface area contributed by atoms with Gasteiger partial charge >= 0.3 is 0 Å². The Labute approximate surface area is 184 Å². The predicted octanol–water partition coefficient (Wildman–Crippen LogP) is 5.64. The average Bonchev–Trinajstić information content (AvgIpc) is 2.73. The monoisotopic (exact) mass is 440 g/mol. The number of nitrogens with one attached hydrogen (secondary N) is 2. The van der Waals surface area contributed by atoms with Crippen molar-refractivity contribution in [3.63, 3.8) is 0 Å². The molecular formula is C23H21ClN2O3S. The van der Waals surface area contributed by atoms with Crippen molar-refractivity contribution in [1.29, 1.82) is 0 Å². The first-order chi connectivity index (χ1) is 14.5. The maximum Gasteiger partial charge on any atom is 0.255 e. The topological polar surface area (TPSA) is 67.4 Å². The molecule has 5 nitrogen and oxygen atoms in total. The number of anilines is 2. The molecule has 0 heterocycles. The van der Waals surface area contributed by atoms with Gasteiger partial charge in [0.15, 0.2) is 0 Å². The molecule has 0 bridgehead atoms. The van der Waals surface area contributed by atoms with Gasteiger partial charge in [-0.25, -0.2) is 0 Å². The molecule has 7 heteroatoms. The molecule has 0 aromatic heterocycles. The van der Waals surface area contributed by atoms with Gasteiger partial charge in [-0.1, -0.05) is 35.9 Å². The summed E-state index contributed by atoms with van der Waals surface area (Å²) in [6.45, 7) is 1.90. The minimum absolute atomic E-state index is 0.157. The van der Waals surface area contributed by atoms with Crippen LogP contribution in [0.1, 0.15) is 15.9 Å². The van der Waals surface area contributed by atoms with Crippen LogP contribution in [0.25, 0.3) is 0 Å². The van der Waals surface area contributed by atoms with Crippen molar-refractivity contribution in [2.24, 2.45) is 0 Å². The van der Waals surface area contributed by atoms with Crippen molar-refractivity contribution < 1.29 is 14.3 Å². The van der Waals surface area contributed by atoms with Crippen LogP contribution in [0, 0.1) is 6.92 Å². The molecule has 2 amide bonds.